The molecule has 0 aliphatic heterocycles. The van der Waals surface area contributed by atoms with Gasteiger partial charge in [-0.1, -0.05) is 34.1 Å². The summed E-state index contributed by atoms with van der Waals surface area (Å²) in [6, 6.07) is 7.53. The molecule has 84 valence electrons. The van der Waals surface area contributed by atoms with Gasteiger partial charge in [0.05, 0.1) is 10.7 Å². The Bertz CT molecular complexity index is 505. The van der Waals surface area contributed by atoms with Gasteiger partial charge in [0, 0.05) is 10.0 Å². The molecule has 0 fully saturated rings. The van der Waals surface area contributed by atoms with Crippen LogP contribution < -0.4 is 0 Å². The summed E-state index contributed by atoms with van der Waals surface area (Å²) in [5.74, 6) is 0.520. The highest BCUT2D eigenvalue weighted by Gasteiger charge is 2.19. The van der Waals surface area contributed by atoms with Gasteiger partial charge in [0.2, 0.25) is 0 Å². The first kappa shape index (κ1) is 11.9. The first-order valence-electron chi connectivity index (χ1n) is 4.77. The SMILES string of the molecule is Cc1cccc(C(O)c2occc2Br)c1Br. The van der Waals surface area contributed by atoms with Crippen LogP contribution >= 0.6 is 31.9 Å². The van der Waals surface area contributed by atoms with Crippen molar-refractivity contribution in [2.45, 2.75) is 13.0 Å². The number of hydrogen-bond acceptors (Lipinski definition) is 2. The molecule has 0 aliphatic carbocycles. The van der Waals surface area contributed by atoms with E-state index in [4.69, 9.17) is 4.42 Å². The minimum absolute atomic E-state index is 0.520. The summed E-state index contributed by atoms with van der Waals surface area (Å²) in [5.41, 5.74) is 1.88. The topological polar surface area (TPSA) is 33.4 Å². The first-order chi connectivity index (χ1) is 7.61. The maximum atomic E-state index is 10.2. The highest BCUT2D eigenvalue weighted by Crippen LogP contribution is 2.34. The standard InChI is InChI=1S/C12H10Br2O2/c1-7-3-2-4-8(10(7)14)11(15)12-9(13)5-6-16-12/h2-6,11,15H,1H3. The van der Waals surface area contributed by atoms with E-state index in [0.717, 1.165) is 20.1 Å². The molecule has 0 aliphatic rings. The van der Waals surface area contributed by atoms with Gasteiger partial charge in [-0.2, -0.15) is 0 Å². The lowest BCUT2D eigenvalue weighted by Gasteiger charge is -2.12. The summed E-state index contributed by atoms with van der Waals surface area (Å²) in [6.07, 6.45) is 0.783. The monoisotopic (exact) mass is 344 g/mol. The van der Waals surface area contributed by atoms with Gasteiger partial charge in [-0.3, -0.25) is 0 Å². The third-order valence-electron chi connectivity index (χ3n) is 2.41. The van der Waals surface area contributed by atoms with Crippen molar-refractivity contribution in [2.24, 2.45) is 0 Å². The van der Waals surface area contributed by atoms with Crippen LogP contribution in [0.1, 0.15) is 23.0 Å². The molecule has 2 rings (SSSR count). The number of hydrogen-bond donors (Lipinski definition) is 1. The summed E-state index contributed by atoms with van der Waals surface area (Å²) >= 11 is 6.81. The van der Waals surface area contributed by atoms with Crippen LogP contribution in [0.15, 0.2) is 43.9 Å². The van der Waals surface area contributed by atoms with Gasteiger partial charge >= 0.3 is 0 Å². The molecule has 0 bridgehead atoms. The lowest BCUT2D eigenvalue weighted by molar-refractivity contribution is 0.187. The molecule has 1 N–H and O–H groups in total. The summed E-state index contributed by atoms with van der Waals surface area (Å²) in [7, 11) is 0. The first-order valence-corrected chi connectivity index (χ1v) is 6.36. The summed E-state index contributed by atoms with van der Waals surface area (Å²) < 4.78 is 6.94. The van der Waals surface area contributed by atoms with E-state index in [1.165, 1.54) is 0 Å². The van der Waals surface area contributed by atoms with Crippen molar-refractivity contribution in [3.05, 3.63) is 56.4 Å². The second-order valence-electron chi connectivity index (χ2n) is 3.51. The predicted octanol–water partition coefficient (Wildman–Crippen LogP) is 4.19. The molecule has 0 radical (unpaired) electrons. The van der Waals surface area contributed by atoms with Crippen molar-refractivity contribution in [2.75, 3.05) is 0 Å². The molecule has 0 saturated heterocycles. The van der Waals surface area contributed by atoms with Gasteiger partial charge in [0.25, 0.3) is 0 Å². The van der Waals surface area contributed by atoms with E-state index < -0.39 is 6.10 Å². The number of rotatable bonds is 2. The van der Waals surface area contributed by atoms with E-state index in [-0.39, 0.29) is 0 Å². The number of aliphatic hydroxyl groups is 1. The number of aryl methyl sites for hydroxylation is 1. The molecular weight excluding hydrogens is 336 g/mol. The van der Waals surface area contributed by atoms with Crippen molar-refractivity contribution >= 4 is 31.9 Å². The van der Waals surface area contributed by atoms with Crippen LogP contribution in [-0.2, 0) is 0 Å². The number of aliphatic hydroxyl groups excluding tert-OH is 1. The third-order valence-corrected chi connectivity index (χ3v) is 4.15. The predicted molar refractivity (Wildman–Crippen MR) is 69.3 cm³/mol. The van der Waals surface area contributed by atoms with E-state index >= 15 is 0 Å². The molecule has 1 heterocycles. The minimum Gasteiger partial charge on any atom is -0.465 e. The zero-order valence-electron chi connectivity index (χ0n) is 8.58. The molecule has 1 aromatic heterocycles. The van der Waals surface area contributed by atoms with Crippen LogP contribution in [0.2, 0.25) is 0 Å². The Morgan fingerprint density at radius 1 is 1.25 bits per heavy atom. The zero-order chi connectivity index (χ0) is 11.7. The van der Waals surface area contributed by atoms with E-state index in [1.54, 1.807) is 12.3 Å². The Morgan fingerprint density at radius 3 is 2.62 bits per heavy atom. The van der Waals surface area contributed by atoms with Crippen LogP contribution in [0.4, 0.5) is 0 Å². The third kappa shape index (κ3) is 2.10. The highest BCUT2D eigenvalue weighted by molar-refractivity contribution is 9.10. The van der Waals surface area contributed by atoms with E-state index in [2.05, 4.69) is 31.9 Å². The molecular formula is C12H10Br2O2. The maximum absolute atomic E-state index is 10.2. The maximum Gasteiger partial charge on any atom is 0.150 e. The Hall–Kier alpha value is -0.580. The van der Waals surface area contributed by atoms with E-state index in [9.17, 15) is 5.11 Å². The smallest absolute Gasteiger partial charge is 0.150 e. The number of halogens is 2. The Morgan fingerprint density at radius 2 is 2.00 bits per heavy atom. The summed E-state index contributed by atoms with van der Waals surface area (Å²) in [4.78, 5) is 0. The van der Waals surface area contributed by atoms with E-state index in [1.807, 2.05) is 25.1 Å². The van der Waals surface area contributed by atoms with Crippen LogP contribution in [0.3, 0.4) is 0 Å². The van der Waals surface area contributed by atoms with Crippen LogP contribution in [-0.4, -0.2) is 5.11 Å². The van der Waals surface area contributed by atoms with E-state index in [0.29, 0.717) is 5.76 Å². The molecule has 16 heavy (non-hydrogen) atoms. The van der Waals surface area contributed by atoms with Gasteiger partial charge in [0.1, 0.15) is 6.10 Å². The molecule has 2 nitrogen and oxygen atoms in total. The lowest BCUT2D eigenvalue weighted by Crippen LogP contribution is -2.00. The second kappa shape index (κ2) is 4.73. The molecule has 1 aromatic carbocycles. The summed E-state index contributed by atoms with van der Waals surface area (Å²) in [6.45, 7) is 1.98. The Balaban J connectivity index is 2.46. The largest absolute Gasteiger partial charge is 0.465 e. The number of furan rings is 1. The fourth-order valence-corrected chi connectivity index (χ4v) is 2.42. The lowest BCUT2D eigenvalue weighted by atomic mass is 10.1. The normalized spacial score (nSPS) is 12.8. The average molecular weight is 346 g/mol. The van der Waals surface area contributed by atoms with Crippen molar-refractivity contribution < 1.29 is 9.52 Å². The highest BCUT2D eigenvalue weighted by atomic mass is 79.9. The minimum atomic E-state index is -0.765. The molecule has 0 amide bonds. The fraction of sp³-hybridized carbons (Fsp3) is 0.167. The van der Waals surface area contributed by atoms with Crippen molar-refractivity contribution in [1.82, 2.24) is 0 Å². The van der Waals surface area contributed by atoms with Gasteiger partial charge in [-0.25, -0.2) is 0 Å². The average Bonchev–Trinajstić information content (AvgIpc) is 2.68. The molecule has 2 aromatic rings. The van der Waals surface area contributed by atoms with Gasteiger partial charge in [0.15, 0.2) is 5.76 Å². The van der Waals surface area contributed by atoms with Crippen LogP contribution in [0, 0.1) is 6.92 Å². The molecule has 0 spiro atoms. The molecule has 1 unspecified atom stereocenters. The zero-order valence-corrected chi connectivity index (χ0v) is 11.7. The molecule has 0 saturated carbocycles. The quantitative estimate of drug-likeness (QED) is 0.885. The Labute approximate surface area is 111 Å². The second-order valence-corrected chi connectivity index (χ2v) is 5.16. The molecule has 4 heteroatoms. The fourth-order valence-electron chi connectivity index (χ4n) is 1.52. The summed E-state index contributed by atoms with van der Waals surface area (Å²) in [5, 5.41) is 10.2. The van der Waals surface area contributed by atoms with Crippen molar-refractivity contribution in [3.8, 4) is 0 Å². The van der Waals surface area contributed by atoms with Gasteiger partial charge < -0.3 is 9.52 Å². The Kier molecular flexibility index (Phi) is 3.52. The number of benzene rings is 1. The van der Waals surface area contributed by atoms with Crippen molar-refractivity contribution in [3.63, 3.8) is 0 Å². The van der Waals surface area contributed by atoms with Crippen LogP contribution in [0.5, 0.6) is 0 Å². The molecule has 1 atom stereocenters. The van der Waals surface area contributed by atoms with Crippen LogP contribution in [0.25, 0.3) is 0 Å². The van der Waals surface area contributed by atoms with Gasteiger partial charge in [-0.05, 0) is 34.5 Å². The van der Waals surface area contributed by atoms with Crippen molar-refractivity contribution in [1.29, 1.82) is 0 Å². The van der Waals surface area contributed by atoms with Gasteiger partial charge in [-0.15, -0.1) is 0 Å².